The van der Waals surface area contributed by atoms with Gasteiger partial charge in [-0.3, -0.25) is 4.79 Å². The zero-order chi connectivity index (χ0) is 24.2. The van der Waals surface area contributed by atoms with Crippen molar-refractivity contribution in [2.75, 3.05) is 12.3 Å². The Kier molecular flexibility index (Phi) is 10.6. The van der Waals surface area contributed by atoms with Crippen LogP contribution < -0.4 is 5.32 Å². The molecule has 8 heteroatoms. The van der Waals surface area contributed by atoms with Gasteiger partial charge >= 0.3 is 0 Å². The highest BCUT2D eigenvalue weighted by molar-refractivity contribution is 8.68. The third-order valence-electron chi connectivity index (χ3n) is 9.22. The normalized spacial score (nSPS) is 44.0. The average molecular weight is 536 g/mol. The van der Waals surface area contributed by atoms with E-state index in [1.807, 2.05) is 13.8 Å². The quantitative estimate of drug-likeness (QED) is 0.154. The molecule has 4 fully saturated rings. The van der Waals surface area contributed by atoms with Gasteiger partial charge in [0, 0.05) is 34.1 Å². The highest BCUT2D eigenvalue weighted by Gasteiger charge is 2.65. The lowest BCUT2D eigenvalue weighted by Crippen LogP contribution is -2.66. The van der Waals surface area contributed by atoms with Gasteiger partial charge in [0.2, 0.25) is 5.91 Å². The number of nitrogens with one attached hydrogen (secondary N) is 1. The van der Waals surface area contributed by atoms with Crippen molar-refractivity contribution >= 4 is 53.6 Å². The Balaban J connectivity index is 0.00000149. The molecule has 4 aliphatic carbocycles. The van der Waals surface area contributed by atoms with Crippen molar-refractivity contribution in [2.24, 2.45) is 29.6 Å². The number of aliphatic hydroxyl groups is 2. The molecule has 4 aliphatic rings. The molecule has 0 heterocycles. The van der Waals surface area contributed by atoms with Crippen LogP contribution >= 0.6 is 47.7 Å². The van der Waals surface area contributed by atoms with Gasteiger partial charge < -0.3 is 15.5 Å². The predicted octanol–water partition coefficient (Wildman–Crippen LogP) is 5.19. The molecule has 192 valence electrons. The van der Waals surface area contributed by atoms with Crippen LogP contribution in [0.2, 0.25) is 0 Å². The summed E-state index contributed by atoms with van der Waals surface area (Å²) in [6.07, 6.45) is 9.81. The molecule has 0 aromatic carbocycles. The first kappa shape index (κ1) is 28.4. The van der Waals surface area contributed by atoms with Crippen LogP contribution in [0.5, 0.6) is 0 Å². The van der Waals surface area contributed by atoms with Crippen molar-refractivity contribution in [3.05, 3.63) is 0 Å². The molecule has 4 nitrogen and oxygen atoms in total. The average Bonchev–Trinajstić information content (AvgIpc) is 3.15. The molecule has 0 aromatic rings. The Morgan fingerprint density at radius 1 is 0.970 bits per heavy atom. The molecule has 0 saturated heterocycles. The molecule has 9 atom stereocenters. The highest BCUT2D eigenvalue weighted by atomic mass is 33.1. The van der Waals surface area contributed by atoms with Crippen LogP contribution in [0.4, 0.5) is 0 Å². The molecule has 4 saturated carbocycles. The van der Waals surface area contributed by atoms with Crippen molar-refractivity contribution in [1.29, 1.82) is 0 Å². The van der Waals surface area contributed by atoms with Gasteiger partial charge in [-0.1, -0.05) is 37.5 Å². The number of carbonyl (C=O) groups excluding carboxylic acids is 1. The molecule has 3 N–H and O–H groups in total. The topological polar surface area (TPSA) is 69.6 Å². The Labute approximate surface area is 221 Å². The number of hydrogen-bond donors (Lipinski definition) is 6. The van der Waals surface area contributed by atoms with E-state index < -0.39 is 12.2 Å². The lowest BCUT2D eigenvalue weighted by Gasteiger charge is -2.62. The van der Waals surface area contributed by atoms with Gasteiger partial charge in [-0.15, -0.1) is 11.7 Å². The number of rotatable bonds is 7. The molecule has 0 radical (unpaired) electrons. The fourth-order valence-corrected chi connectivity index (χ4v) is 9.74. The molecule has 33 heavy (non-hydrogen) atoms. The first-order valence-corrected chi connectivity index (χ1v) is 16.1. The molecule has 0 spiro atoms. The zero-order valence-electron chi connectivity index (χ0n) is 20.3. The van der Waals surface area contributed by atoms with Crippen LogP contribution in [-0.2, 0) is 4.79 Å². The highest BCUT2D eigenvalue weighted by Crippen LogP contribution is 2.65. The number of fused-ring (bicyclic) bond motifs is 5. The van der Waals surface area contributed by atoms with Gasteiger partial charge in [0.25, 0.3) is 0 Å². The summed E-state index contributed by atoms with van der Waals surface area (Å²) in [5.74, 6) is 2.34. The third-order valence-corrected chi connectivity index (χ3v) is 12.0. The summed E-state index contributed by atoms with van der Waals surface area (Å²) < 4.78 is -0.231. The largest absolute Gasteiger partial charge is 0.390 e. The second-order valence-corrected chi connectivity index (χ2v) is 13.6. The first-order chi connectivity index (χ1) is 15.8. The van der Waals surface area contributed by atoms with E-state index >= 15 is 0 Å². The van der Waals surface area contributed by atoms with E-state index in [-0.39, 0.29) is 27.2 Å². The summed E-state index contributed by atoms with van der Waals surface area (Å²) in [7, 11) is 1.44. The summed E-state index contributed by atoms with van der Waals surface area (Å²) in [4.78, 5) is 12.1. The number of carbonyl (C=O) groups is 1. The van der Waals surface area contributed by atoms with E-state index in [0.29, 0.717) is 30.7 Å². The minimum atomic E-state index is -0.659. The third kappa shape index (κ3) is 5.56. The summed E-state index contributed by atoms with van der Waals surface area (Å²) >= 11 is 14.6. The van der Waals surface area contributed by atoms with Gasteiger partial charge in [-0.25, -0.2) is 0 Å². The summed E-state index contributed by atoms with van der Waals surface area (Å²) in [6.45, 7) is 4.67. The van der Waals surface area contributed by atoms with E-state index in [9.17, 15) is 15.0 Å². The number of thiol groups is 3. The summed E-state index contributed by atoms with van der Waals surface area (Å²) in [5.41, 5.74) is 0. The molecule has 4 rings (SSSR count). The van der Waals surface area contributed by atoms with Gasteiger partial charge in [0.05, 0.1) is 12.2 Å². The van der Waals surface area contributed by atoms with Crippen molar-refractivity contribution in [1.82, 2.24) is 5.32 Å². The Bertz CT molecular complexity index is 655. The van der Waals surface area contributed by atoms with Crippen LogP contribution in [0, 0.1) is 29.6 Å². The second kappa shape index (κ2) is 12.4. The van der Waals surface area contributed by atoms with Crippen LogP contribution in [0.25, 0.3) is 0 Å². The number of hydrogen-bond acceptors (Lipinski definition) is 7. The Morgan fingerprint density at radius 3 is 2.42 bits per heavy atom. The maximum absolute atomic E-state index is 12.1. The van der Waals surface area contributed by atoms with E-state index in [2.05, 4.69) is 17.0 Å². The SMILES string of the molecule is CC.O=C(CCCC1CCC2C3C(O)C(O)C4CCCCC4(S)C3CCC12S)NCCSS. The first-order valence-electron chi connectivity index (χ1n) is 13.2. The van der Waals surface area contributed by atoms with E-state index in [0.717, 1.165) is 63.5 Å². The smallest absolute Gasteiger partial charge is 0.220 e. The monoisotopic (exact) mass is 535 g/mol. The molecule has 1 amide bonds. The van der Waals surface area contributed by atoms with Crippen molar-refractivity contribution in [3.63, 3.8) is 0 Å². The Morgan fingerprint density at radius 2 is 1.70 bits per heavy atom. The van der Waals surface area contributed by atoms with Gasteiger partial charge in [0.1, 0.15) is 0 Å². The molecular formula is C25H45NO3S4. The predicted molar refractivity (Wildman–Crippen MR) is 149 cm³/mol. The van der Waals surface area contributed by atoms with Crippen LogP contribution in [-0.4, -0.2) is 50.1 Å². The lowest BCUT2D eigenvalue weighted by molar-refractivity contribution is -0.154. The molecule has 9 unspecified atom stereocenters. The van der Waals surface area contributed by atoms with Crippen LogP contribution in [0.3, 0.4) is 0 Å². The molecule has 0 aliphatic heterocycles. The fourth-order valence-electron chi connectivity index (χ4n) is 7.85. The molecular weight excluding hydrogens is 491 g/mol. The minimum Gasteiger partial charge on any atom is -0.390 e. The van der Waals surface area contributed by atoms with Gasteiger partial charge in [-0.05, 0) is 75.0 Å². The van der Waals surface area contributed by atoms with Gasteiger partial charge in [0.15, 0.2) is 0 Å². The minimum absolute atomic E-state index is 0.0906. The van der Waals surface area contributed by atoms with Crippen molar-refractivity contribution in [2.45, 2.75) is 106 Å². The van der Waals surface area contributed by atoms with Crippen LogP contribution in [0.15, 0.2) is 0 Å². The molecule has 0 aromatic heterocycles. The summed E-state index contributed by atoms with van der Waals surface area (Å²) in [5, 5.41) is 25.3. The zero-order valence-corrected chi connectivity index (χ0v) is 23.8. The maximum Gasteiger partial charge on any atom is 0.220 e. The van der Waals surface area contributed by atoms with Crippen molar-refractivity contribution < 1.29 is 15.0 Å². The summed E-state index contributed by atoms with van der Waals surface area (Å²) in [6, 6.07) is 0. The number of aliphatic hydroxyl groups excluding tert-OH is 2. The van der Waals surface area contributed by atoms with Gasteiger partial charge in [-0.2, -0.15) is 25.3 Å². The number of amides is 1. The van der Waals surface area contributed by atoms with E-state index in [1.54, 1.807) is 0 Å². The standard InChI is InChI=1S/C23H39NO3S4.C2H6/c25-18(24-12-13-31-30)6-3-4-14-7-8-15-19-16(9-11-22(14,15)28)23(29)10-2-1-5-17(23)20(26)21(19)27;1-2/h14-17,19-21,26-30H,1-13H2,(H,24,25);1-2H3. The lowest BCUT2D eigenvalue weighted by atomic mass is 9.51. The second-order valence-electron chi connectivity index (χ2n) is 10.5. The van der Waals surface area contributed by atoms with Crippen molar-refractivity contribution in [3.8, 4) is 0 Å². The maximum atomic E-state index is 12.1. The van der Waals surface area contributed by atoms with E-state index in [1.165, 1.54) is 17.2 Å². The fraction of sp³-hybridized carbons (Fsp3) is 0.960. The van der Waals surface area contributed by atoms with E-state index in [4.69, 9.17) is 25.3 Å². The Hall–Kier alpha value is 0.790. The van der Waals surface area contributed by atoms with Crippen LogP contribution in [0.1, 0.15) is 84.5 Å². The molecule has 0 bridgehead atoms.